The Morgan fingerprint density at radius 1 is 1.04 bits per heavy atom. The van der Waals surface area contributed by atoms with Gasteiger partial charge in [0.1, 0.15) is 18.4 Å². The number of epoxide rings is 1. The molecular formula is C37H30N2O10S. The molecule has 2 heterocycles. The molecule has 0 aromatic heterocycles. The zero-order chi connectivity index (χ0) is 35.6. The monoisotopic (exact) mass is 694 g/mol. The van der Waals surface area contributed by atoms with Gasteiger partial charge in [-0.3, -0.25) is 9.59 Å². The molecule has 4 N–H and O–H groups in total. The number of anilines is 1. The largest absolute Gasteiger partial charge is 0.507 e. The molecule has 1 saturated heterocycles. The Labute approximate surface area is 287 Å². The van der Waals surface area contributed by atoms with E-state index in [-0.39, 0.29) is 51.6 Å². The van der Waals surface area contributed by atoms with Gasteiger partial charge < -0.3 is 35.0 Å². The Hall–Kier alpha value is -5.44. The van der Waals surface area contributed by atoms with Gasteiger partial charge in [0.15, 0.2) is 38.7 Å². The van der Waals surface area contributed by atoms with Gasteiger partial charge in [0.2, 0.25) is 0 Å². The summed E-state index contributed by atoms with van der Waals surface area (Å²) in [6, 6.07) is 12.6. The third-order valence-electron chi connectivity index (χ3n) is 9.44. The fourth-order valence-electron chi connectivity index (χ4n) is 7.02. The summed E-state index contributed by atoms with van der Waals surface area (Å²) in [6.07, 6.45) is -0.527. The number of aliphatic hydroxyl groups excluding tert-OH is 2. The van der Waals surface area contributed by atoms with Crippen LogP contribution in [0.15, 0.2) is 71.6 Å². The van der Waals surface area contributed by atoms with E-state index in [1.165, 1.54) is 61.4 Å². The number of carbonyl (C=O) groups is 3. The number of benzene rings is 3. The minimum atomic E-state index is -3.65. The molecule has 0 spiro atoms. The van der Waals surface area contributed by atoms with Gasteiger partial charge in [-0.05, 0) is 55.0 Å². The molecule has 50 heavy (non-hydrogen) atoms. The van der Waals surface area contributed by atoms with Gasteiger partial charge in [-0.15, -0.1) is 0 Å². The van der Waals surface area contributed by atoms with Gasteiger partial charge in [0, 0.05) is 30.3 Å². The number of hydrogen-bond acceptors (Lipinski definition) is 11. The molecule has 4 aliphatic rings. The van der Waals surface area contributed by atoms with Crippen LogP contribution in [0.2, 0.25) is 0 Å². The van der Waals surface area contributed by atoms with E-state index in [0.717, 1.165) is 0 Å². The minimum Gasteiger partial charge on any atom is -0.507 e. The van der Waals surface area contributed by atoms with E-state index in [2.05, 4.69) is 29.0 Å². The Kier molecular flexibility index (Phi) is 7.85. The predicted molar refractivity (Wildman–Crippen MR) is 178 cm³/mol. The highest BCUT2D eigenvalue weighted by Gasteiger charge is 2.82. The zero-order valence-corrected chi connectivity index (χ0v) is 27.6. The number of allylic oxidation sites excluding steroid dienone is 2. The van der Waals surface area contributed by atoms with Crippen molar-refractivity contribution < 1.29 is 47.6 Å². The van der Waals surface area contributed by atoms with Crippen molar-refractivity contribution in [3.63, 3.8) is 0 Å². The quantitative estimate of drug-likeness (QED) is 0.127. The number of phenols is 1. The van der Waals surface area contributed by atoms with E-state index in [9.17, 15) is 38.1 Å². The lowest BCUT2D eigenvalue weighted by molar-refractivity contribution is 0.0867. The molecule has 13 heteroatoms. The van der Waals surface area contributed by atoms with Gasteiger partial charge in [0.25, 0.3) is 0 Å². The SMILES string of the molecule is C[C@@H](O)C12O[C@]13c1cc(O)c4c(c1N[C@H]2C#C/C=C\C#C[C@H]3O)C(=O)c1ccc(CN(C)C(=O)OCCS(=O)(=O)c2ccccc2)cc1C4=O. The lowest BCUT2D eigenvalue weighted by atomic mass is 9.69. The van der Waals surface area contributed by atoms with Crippen molar-refractivity contribution in [2.45, 2.75) is 47.8 Å². The first-order valence-corrected chi connectivity index (χ1v) is 17.3. The molecule has 3 aromatic carbocycles. The standard InChI is InChI=1S/C37H30N2O10S/c1-21(40)36-28-12-8-3-4-9-13-29(42)37(36,49-36)26-19-27(41)30-31(32(26)38-28)33(43)24-15-14-22(18-25(24)34(30)44)20-39(2)35(45)48-16-17-50(46,47)23-10-6-5-7-11-23/h3-7,10-11,14-15,18-19,21,28-29,38,40-42H,16-17,20H2,1-2H3/b4-3-/t21-,28+,29-,36?,37+/m1/s1. The number of phenolic OH excluding ortho intramolecular Hbond substituents is 1. The van der Waals surface area contributed by atoms with Gasteiger partial charge in [-0.2, -0.15) is 0 Å². The van der Waals surface area contributed by atoms with E-state index >= 15 is 0 Å². The fraction of sp³-hybridized carbons (Fsp3) is 0.270. The summed E-state index contributed by atoms with van der Waals surface area (Å²) >= 11 is 0. The molecule has 2 aliphatic heterocycles. The van der Waals surface area contributed by atoms with E-state index in [1.807, 2.05) is 0 Å². The van der Waals surface area contributed by atoms with Crippen LogP contribution < -0.4 is 5.32 Å². The first-order valence-electron chi connectivity index (χ1n) is 15.6. The maximum absolute atomic E-state index is 14.2. The molecular weight excluding hydrogens is 664 g/mol. The van der Waals surface area contributed by atoms with Crippen molar-refractivity contribution in [1.29, 1.82) is 0 Å². The average molecular weight is 695 g/mol. The molecule has 2 bridgehead atoms. The minimum absolute atomic E-state index is 0.000669. The summed E-state index contributed by atoms with van der Waals surface area (Å²) < 4.78 is 36.4. The first kappa shape index (κ1) is 33.1. The molecule has 5 atom stereocenters. The number of ether oxygens (including phenoxy) is 2. The molecule has 7 rings (SSSR count). The highest BCUT2D eigenvalue weighted by atomic mass is 32.2. The number of aliphatic hydroxyl groups is 2. The summed E-state index contributed by atoms with van der Waals surface area (Å²) in [5, 5.41) is 36.7. The number of fused-ring (bicyclic) bond motifs is 4. The van der Waals surface area contributed by atoms with Crippen molar-refractivity contribution in [1.82, 2.24) is 4.90 Å². The third kappa shape index (κ3) is 4.89. The molecule has 2 aliphatic carbocycles. The molecule has 1 amide bonds. The Balaban J connectivity index is 1.16. The average Bonchev–Trinajstić information content (AvgIpc) is 3.83. The molecule has 1 fully saturated rings. The summed E-state index contributed by atoms with van der Waals surface area (Å²) in [7, 11) is -2.21. The number of hydrogen-bond donors (Lipinski definition) is 4. The predicted octanol–water partition coefficient (Wildman–Crippen LogP) is 2.29. The number of rotatable bonds is 7. The number of carbonyl (C=O) groups excluding carboxylic acids is 3. The lowest BCUT2D eigenvalue weighted by Crippen LogP contribution is -2.54. The van der Waals surface area contributed by atoms with Crippen LogP contribution in [0.5, 0.6) is 5.75 Å². The van der Waals surface area contributed by atoms with Crippen LogP contribution in [0.1, 0.15) is 49.9 Å². The topological polar surface area (TPSA) is 183 Å². The summed E-state index contributed by atoms with van der Waals surface area (Å²) in [6.45, 7) is 1.07. The first-order chi connectivity index (χ1) is 23.8. The Bertz CT molecular complexity index is 2260. The number of aromatic hydroxyl groups is 1. The van der Waals surface area contributed by atoms with Crippen LogP contribution in [0, 0.1) is 23.7 Å². The second-order valence-electron chi connectivity index (χ2n) is 12.4. The maximum Gasteiger partial charge on any atom is 0.409 e. The second-order valence-corrected chi connectivity index (χ2v) is 14.5. The van der Waals surface area contributed by atoms with E-state index in [0.29, 0.717) is 5.56 Å². The van der Waals surface area contributed by atoms with E-state index < -0.39 is 68.5 Å². The van der Waals surface area contributed by atoms with Crippen LogP contribution in [0.4, 0.5) is 10.5 Å². The summed E-state index contributed by atoms with van der Waals surface area (Å²) in [5.41, 5.74) is -2.77. The van der Waals surface area contributed by atoms with Crippen LogP contribution in [-0.2, 0) is 31.5 Å². The molecule has 3 aromatic rings. The number of ketones is 2. The smallest absolute Gasteiger partial charge is 0.409 e. The van der Waals surface area contributed by atoms with Crippen LogP contribution in [0.3, 0.4) is 0 Å². The van der Waals surface area contributed by atoms with Crippen molar-refractivity contribution in [2.24, 2.45) is 0 Å². The van der Waals surface area contributed by atoms with Gasteiger partial charge >= 0.3 is 6.09 Å². The second kappa shape index (κ2) is 11.9. The summed E-state index contributed by atoms with van der Waals surface area (Å²) in [5.74, 6) is 9.02. The van der Waals surface area contributed by atoms with Crippen LogP contribution >= 0.6 is 0 Å². The van der Waals surface area contributed by atoms with Crippen LogP contribution in [-0.4, -0.2) is 89.6 Å². The molecule has 254 valence electrons. The zero-order valence-electron chi connectivity index (χ0n) is 26.8. The lowest BCUT2D eigenvalue weighted by Gasteiger charge is -2.37. The molecule has 0 saturated carbocycles. The molecule has 0 radical (unpaired) electrons. The Morgan fingerprint density at radius 2 is 1.74 bits per heavy atom. The van der Waals surface area contributed by atoms with E-state index in [1.54, 1.807) is 24.3 Å². The number of amides is 1. The summed E-state index contributed by atoms with van der Waals surface area (Å²) in [4.78, 5) is 42.2. The van der Waals surface area contributed by atoms with Crippen LogP contribution in [0.25, 0.3) is 0 Å². The number of sulfone groups is 1. The fourth-order valence-corrected chi connectivity index (χ4v) is 8.13. The van der Waals surface area contributed by atoms with Crippen molar-refractivity contribution in [3.05, 3.63) is 100 Å². The third-order valence-corrected chi connectivity index (χ3v) is 11.1. The Morgan fingerprint density at radius 3 is 2.46 bits per heavy atom. The maximum atomic E-state index is 14.2. The van der Waals surface area contributed by atoms with Crippen molar-refractivity contribution in [2.75, 3.05) is 24.7 Å². The van der Waals surface area contributed by atoms with Crippen molar-refractivity contribution >= 4 is 33.2 Å². The highest BCUT2D eigenvalue weighted by Crippen LogP contribution is 2.67. The van der Waals surface area contributed by atoms with Gasteiger partial charge in [-0.1, -0.05) is 47.9 Å². The van der Waals surface area contributed by atoms with Crippen molar-refractivity contribution in [3.8, 4) is 29.4 Å². The number of nitrogens with zero attached hydrogens (tertiary/aromatic N) is 1. The highest BCUT2D eigenvalue weighted by molar-refractivity contribution is 7.91. The van der Waals surface area contributed by atoms with E-state index in [4.69, 9.17) is 9.47 Å². The van der Waals surface area contributed by atoms with Gasteiger partial charge in [-0.25, -0.2) is 13.2 Å². The van der Waals surface area contributed by atoms with Gasteiger partial charge in [0.05, 0.1) is 33.6 Å². The normalized spacial score (nSPS) is 25.0. The molecule has 1 unspecified atom stereocenters. The molecule has 12 nitrogen and oxygen atoms in total. The number of nitrogens with one attached hydrogen (secondary N) is 1.